The summed E-state index contributed by atoms with van der Waals surface area (Å²) in [6, 6.07) is 8.70. The molecule has 21 heavy (non-hydrogen) atoms. The first kappa shape index (κ1) is 16.3. The van der Waals surface area contributed by atoms with E-state index in [2.05, 4.69) is 34.2 Å². The van der Waals surface area contributed by atoms with Gasteiger partial charge in [-0.1, -0.05) is 30.7 Å². The van der Waals surface area contributed by atoms with Crippen LogP contribution in [0.5, 0.6) is 11.5 Å². The molecule has 0 aromatic heterocycles. The van der Waals surface area contributed by atoms with Gasteiger partial charge in [-0.25, -0.2) is 4.39 Å². The van der Waals surface area contributed by atoms with Crippen LogP contribution in [0.15, 0.2) is 34.8 Å². The van der Waals surface area contributed by atoms with E-state index in [1.807, 2.05) is 19.1 Å². The highest BCUT2D eigenvalue weighted by Crippen LogP contribution is 2.35. The van der Waals surface area contributed by atoms with E-state index in [1.54, 1.807) is 0 Å². The van der Waals surface area contributed by atoms with Gasteiger partial charge in [-0.05, 0) is 52.7 Å². The molecule has 5 heteroatoms. The van der Waals surface area contributed by atoms with Gasteiger partial charge in [-0.3, -0.25) is 0 Å². The fraction of sp³-hybridized carbons (Fsp3) is 0.250. The first-order valence-corrected chi connectivity index (χ1v) is 7.81. The van der Waals surface area contributed by atoms with Crippen molar-refractivity contribution in [1.82, 2.24) is 5.32 Å². The van der Waals surface area contributed by atoms with Crippen LogP contribution in [0.2, 0.25) is 5.02 Å². The number of halogens is 3. The smallest absolute Gasteiger partial charge is 0.145 e. The van der Waals surface area contributed by atoms with Gasteiger partial charge in [0.05, 0.1) is 9.50 Å². The molecule has 0 radical (unpaired) electrons. The molecule has 0 atom stereocenters. The zero-order valence-electron chi connectivity index (χ0n) is 11.8. The van der Waals surface area contributed by atoms with Crippen LogP contribution in [-0.2, 0) is 6.54 Å². The second kappa shape index (κ2) is 7.25. The first-order valence-electron chi connectivity index (χ1n) is 6.64. The third-order valence-electron chi connectivity index (χ3n) is 3.01. The molecule has 0 amide bonds. The minimum absolute atomic E-state index is 0.0620. The van der Waals surface area contributed by atoms with Crippen LogP contribution in [0.25, 0.3) is 0 Å². The maximum Gasteiger partial charge on any atom is 0.145 e. The van der Waals surface area contributed by atoms with Gasteiger partial charge in [0.1, 0.15) is 17.3 Å². The van der Waals surface area contributed by atoms with Crippen molar-refractivity contribution in [3.05, 3.63) is 56.8 Å². The Balaban J connectivity index is 2.22. The summed E-state index contributed by atoms with van der Waals surface area (Å²) in [4.78, 5) is 0. The molecule has 112 valence electrons. The summed E-state index contributed by atoms with van der Waals surface area (Å²) in [5.74, 6) is 0.591. The topological polar surface area (TPSA) is 21.3 Å². The van der Waals surface area contributed by atoms with Gasteiger partial charge in [0.2, 0.25) is 0 Å². The molecule has 0 heterocycles. The minimum Gasteiger partial charge on any atom is -0.456 e. The normalized spacial score (nSPS) is 10.7. The molecular weight excluding hydrogens is 357 g/mol. The van der Waals surface area contributed by atoms with Crippen LogP contribution in [0.4, 0.5) is 4.39 Å². The van der Waals surface area contributed by atoms with E-state index in [9.17, 15) is 4.39 Å². The third kappa shape index (κ3) is 4.19. The molecule has 0 saturated carbocycles. The molecule has 0 unspecified atom stereocenters. The van der Waals surface area contributed by atoms with Crippen molar-refractivity contribution < 1.29 is 9.13 Å². The fourth-order valence-electron chi connectivity index (χ4n) is 1.91. The molecule has 2 nitrogen and oxygen atoms in total. The second-order valence-corrected chi connectivity index (χ2v) is 5.94. The summed E-state index contributed by atoms with van der Waals surface area (Å²) >= 11 is 9.05. The number of aryl methyl sites for hydroxylation is 1. The van der Waals surface area contributed by atoms with Crippen molar-refractivity contribution in [2.45, 2.75) is 20.4 Å². The quantitative estimate of drug-likeness (QED) is 0.704. The van der Waals surface area contributed by atoms with Crippen LogP contribution >= 0.6 is 27.5 Å². The monoisotopic (exact) mass is 371 g/mol. The Morgan fingerprint density at radius 2 is 2.00 bits per heavy atom. The average molecular weight is 373 g/mol. The highest BCUT2D eigenvalue weighted by Gasteiger charge is 2.10. The Kier molecular flexibility index (Phi) is 5.62. The van der Waals surface area contributed by atoms with Gasteiger partial charge < -0.3 is 10.1 Å². The molecule has 0 spiro atoms. The summed E-state index contributed by atoms with van der Waals surface area (Å²) in [6.07, 6.45) is 0. The number of nitrogens with one attached hydrogen (secondary N) is 1. The second-order valence-electron chi connectivity index (χ2n) is 4.68. The van der Waals surface area contributed by atoms with Crippen LogP contribution in [-0.4, -0.2) is 6.54 Å². The maximum atomic E-state index is 13.5. The number of ether oxygens (including phenoxy) is 1. The predicted octanol–water partition coefficient (Wildman–Crippen LogP) is 5.45. The van der Waals surface area contributed by atoms with E-state index in [4.69, 9.17) is 16.3 Å². The molecule has 2 aromatic rings. The van der Waals surface area contributed by atoms with Crippen LogP contribution in [0.3, 0.4) is 0 Å². The lowest BCUT2D eigenvalue weighted by atomic mass is 10.1. The number of benzene rings is 2. The minimum atomic E-state index is -0.503. The molecule has 0 fully saturated rings. The molecule has 0 saturated heterocycles. The zero-order chi connectivity index (χ0) is 15.4. The van der Waals surface area contributed by atoms with Crippen LogP contribution in [0.1, 0.15) is 18.1 Å². The van der Waals surface area contributed by atoms with Crippen LogP contribution in [0, 0.1) is 12.7 Å². The standard InChI is InChI=1S/C16H16BrClFNO/c1-3-20-9-11-4-5-15(10(2)6-11)21-16-8-14(19)13(18)7-12(16)17/h4-8,20H,3,9H2,1-2H3. The van der Waals surface area contributed by atoms with E-state index in [0.29, 0.717) is 16.0 Å². The lowest BCUT2D eigenvalue weighted by Gasteiger charge is -2.12. The molecule has 0 aliphatic rings. The Morgan fingerprint density at radius 3 is 2.67 bits per heavy atom. The summed E-state index contributed by atoms with van der Waals surface area (Å²) < 4.78 is 19.9. The highest BCUT2D eigenvalue weighted by molar-refractivity contribution is 9.10. The predicted molar refractivity (Wildman–Crippen MR) is 87.7 cm³/mol. The molecule has 0 bridgehead atoms. The van der Waals surface area contributed by atoms with Gasteiger partial charge >= 0.3 is 0 Å². The van der Waals surface area contributed by atoms with E-state index < -0.39 is 5.82 Å². The molecule has 2 rings (SSSR count). The van der Waals surface area contributed by atoms with Gasteiger partial charge in [-0.2, -0.15) is 0 Å². The summed E-state index contributed by atoms with van der Waals surface area (Å²) in [6.45, 7) is 5.77. The first-order chi connectivity index (χ1) is 10.0. The Labute approximate surface area is 137 Å². The van der Waals surface area contributed by atoms with E-state index >= 15 is 0 Å². The van der Waals surface area contributed by atoms with Crippen molar-refractivity contribution in [1.29, 1.82) is 0 Å². The highest BCUT2D eigenvalue weighted by atomic mass is 79.9. The van der Waals surface area contributed by atoms with Gasteiger partial charge in [0, 0.05) is 12.6 Å². The number of hydrogen-bond donors (Lipinski definition) is 1. The maximum absolute atomic E-state index is 13.5. The molecule has 0 aliphatic heterocycles. The average Bonchev–Trinajstić information content (AvgIpc) is 2.45. The van der Waals surface area contributed by atoms with Gasteiger partial charge in [0.15, 0.2) is 0 Å². The zero-order valence-corrected chi connectivity index (χ0v) is 14.2. The number of hydrogen-bond acceptors (Lipinski definition) is 2. The van der Waals surface area contributed by atoms with Gasteiger partial charge in [-0.15, -0.1) is 0 Å². The van der Waals surface area contributed by atoms with Crippen molar-refractivity contribution in [2.75, 3.05) is 6.54 Å². The largest absolute Gasteiger partial charge is 0.456 e. The number of rotatable bonds is 5. The van der Waals surface area contributed by atoms with E-state index in [1.165, 1.54) is 17.7 Å². The Hall–Kier alpha value is -1.10. The molecule has 1 N–H and O–H groups in total. The van der Waals surface area contributed by atoms with Crippen molar-refractivity contribution >= 4 is 27.5 Å². The Morgan fingerprint density at radius 1 is 1.24 bits per heavy atom. The van der Waals surface area contributed by atoms with Crippen molar-refractivity contribution in [3.63, 3.8) is 0 Å². The summed E-state index contributed by atoms with van der Waals surface area (Å²) in [5, 5.41) is 3.33. The van der Waals surface area contributed by atoms with Crippen LogP contribution < -0.4 is 10.1 Å². The lowest BCUT2D eigenvalue weighted by Crippen LogP contribution is -2.11. The fourth-order valence-corrected chi connectivity index (χ4v) is 2.63. The molecular formula is C16H16BrClFNO. The third-order valence-corrected chi connectivity index (χ3v) is 3.92. The Bertz CT molecular complexity index is 648. The lowest BCUT2D eigenvalue weighted by molar-refractivity contribution is 0.470. The van der Waals surface area contributed by atoms with E-state index in [-0.39, 0.29) is 5.02 Å². The molecule has 2 aromatic carbocycles. The van der Waals surface area contributed by atoms with Crippen molar-refractivity contribution in [3.8, 4) is 11.5 Å². The molecule has 0 aliphatic carbocycles. The van der Waals surface area contributed by atoms with E-state index in [0.717, 1.165) is 18.7 Å². The van der Waals surface area contributed by atoms with Gasteiger partial charge in [0.25, 0.3) is 0 Å². The van der Waals surface area contributed by atoms with Crippen molar-refractivity contribution in [2.24, 2.45) is 0 Å². The SMILES string of the molecule is CCNCc1ccc(Oc2cc(F)c(Cl)cc2Br)c(C)c1. The summed E-state index contributed by atoms with van der Waals surface area (Å²) in [7, 11) is 0. The summed E-state index contributed by atoms with van der Waals surface area (Å²) in [5.41, 5.74) is 2.18.